The molecule has 0 amide bonds. The molecule has 0 aliphatic carbocycles. The molecule has 5 heteroatoms. The molecule has 31 heavy (non-hydrogen) atoms. The molecular weight excluding hydrogens is 388 g/mol. The van der Waals surface area contributed by atoms with Gasteiger partial charge in [-0.2, -0.15) is 0 Å². The van der Waals surface area contributed by atoms with Crippen molar-refractivity contribution in [3.05, 3.63) is 77.1 Å². The van der Waals surface area contributed by atoms with E-state index in [1.807, 2.05) is 6.07 Å². The second-order valence-electron chi connectivity index (χ2n) is 7.94. The van der Waals surface area contributed by atoms with Crippen molar-refractivity contribution < 1.29 is 14.2 Å². The SMILES string of the molecule is CCc1ccc([C@H]2c3cccn3CCCN2Cc2ccc(OC)c(OC)c2OC)cc1. The highest BCUT2D eigenvalue weighted by Gasteiger charge is 2.29. The van der Waals surface area contributed by atoms with Crippen molar-refractivity contribution >= 4 is 0 Å². The van der Waals surface area contributed by atoms with Crippen molar-refractivity contribution in [1.29, 1.82) is 0 Å². The first-order chi connectivity index (χ1) is 15.2. The first-order valence-electron chi connectivity index (χ1n) is 11.0. The molecule has 0 saturated carbocycles. The number of hydrogen-bond donors (Lipinski definition) is 0. The van der Waals surface area contributed by atoms with Crippen LogP contribution in [0.2, 0.25) is 0 Å². The van der Waals surface area contributed by atoms with Crippen LogP contribution >= 0.6 is 0 Å². The minimum absolute atomic E-state index is 0.182. The monoisotopic (exact) mass is 420 g/mol. The Morgan fingerprint density at radius 3 is 2.32 bits per heavy atom. The molecule has 0 fully saturated rings. The Balaban J connectivity index is 1.75. The standard InChI is InChI=1S/C26H32N2O3/c1-5-19-9-11-20(12-10-19)24-22-8-6-15-27(22)16-7-17-28(24)18-21-13-14-23(29-2)26(31-4)25(21)30-3/h6,8-15,24H,5,7,16-18H2,1-4H3/t24-/m0/s1. The van der Waals surface area contributed by atoms with E-state index >= 15 is 0 Å². The predicted octanol–water partition coefficient (Wildman–Crippen LogP) is 5.07. The van der Waals surface area contributed by atoms with Gasteiger partial charge in [0.05, 0.1) is 27.4 Å². The fourth-order valence-corrected chi connectivity index (χ4v) is 4.63. The molecule has 0 saturated heterocycles. The Labute approximate surface area is 185 Å². The van der Waals surface area contributed by atoms with Crippen LogP contribution in [0.5, 0.6) is 17.2 Å². The zero-order valence-corrected chi connectivity index (χ0v) is 18.9. The second-order valence-corrected chi connectivity index (χ2v) is 7.94. The molecule has 2 aromatic carbocycles. The quantitative estimate of drug-likeness (QED) is 0.535. The van der Waals surface area contributed by atoms with E-state index in [1.165, 1.54) is 16.8 Å². The number of benzene rings is 2. The Morgan fingerprint density at radius 1 is 0.871 bits per heavy atom. The van der Waals surface area contributed by atoms with Gasteiger partial charge in [-0.05, 0) is 42.2 Å². The maximum Gasteiger partial charge on any atom is 0.203 e. The summed E-state index contributed by atoms with van der Waals surface area (Å²) in [7, 11) is 4.99. The lowest BCUT2D eigenvalue weighted by Crippen LogP contribution is -2.29. The van der Waals surface area contributed by atoms with Crippen molar-refractivity contribution in [2.45, 2.75) is 38.9 Å². The first-order valence-corrected chi connectivity index (χ1v) is 11.0. The minimum atomic E-state index is 0.182. The number of fused-ring (bicyclic) bond motifs is 1. The van der Waals surface area contributed by atoms with Crippen LogP contribution in [0.15, 0.2) is 54.7 Å². The van der Waals surface area contributed by atoms with E-state index in [1.54, 1.807) is 21.3 Å². The van der Waals surface area contributed by atoms with Gasteiger partial charge in [0.15, 0.2) is 11.5 Å². The van der Waals surface area contributed by atoms with E-state index in [9.17, 15) is 0 Å². The van der Waals surface area contributed by atoms with Crippen molar-refractivity contribution in [2.75, 3.05) is 27.9 Å². The second kappa shape index (κ2) is 9.48. The average Bonchev–Trinajstić information content (AvgIpc) is 3.20. The highest BCUT2D eigenvalue weighted by Crippen LogP contribution is 2.42. The van der Waals surface area contributed by atoms with Gasteiger partial charge < -0.3 is 18.8 Å². The van der Waals surface area contributed by atoms with E-state index in [0.717, 1.165) is 43.8 Å². The molecule has 0 bridgehead atoms. The molecule has 1 aliphatic rings. The number of aromatic nitrogens is 1. The lowest BCUT2D eigenvalue weighted by molar-refractivity contribution is 0.216. The first kappa shape index (κ1) is 21.3. The summed E-state index contributed by atoms with van der Waals surface area (Å²) in [5.41, 5.74) is 5.11. The summed E-state index contributed by atoms with van der Waals surface area (Å²) in [6.07, 6.45) is 4.35. The van der Waals surface area contributed by atoms with Crippen LogP contribution in [0.25, 0.3) is 0 Å². The van der Waals surface area contributed by atoms with E-state index < -0.39 is 0 Å². The third-order valence-corrected chi connectivity index (χ3v) is 6.22. The van der Waals surface area contributed by atoms with Crippen LogP contribution in [-0.4, -0.2) is 37.3 Å². The number of aryl methyl sites for hydroxylation is 2. The number of hydrogen-bond acceptors (Lipinski definition) is 4. The van der Waals surface area contributed by atoms with E-state index in [-0.39, 0.29) is 6.04 Å². The summed E-state index contributed by atoms with van der Waals surface area (Å²) < 4.78 is 19.3. The fraction of sp³-hybridized carbons (Fsp3) is 0.385. The Kier molecular flexibility index (Phi) is 6.52. The molecule has 0 radical (unpaired) electrons. The molecule has 1 atom stereocenters. The van der Waals surface area contributed by atoms with Crippen LogP contribution in [-0.2, 0) is 19.5 Å². The lowest BCUT2D eigenvalue weighted by atomic mass is 9.99. The van der Waals surface area contributed by atoms with Crippen molar-refractivity contribution in [3.63, 3.8) is 0 Å². The highest BCUT2D eigenvalue weighted by atomic mass is 16.5. The third-order valence-electron chi connectivity index (χ3n) is 6.22. The maximum atomic E-state index is 5.77. The number of rotatable bonds is 7. The molecule has 0 spiro atoms. The summed E-state index contributed by atoms with van der Waals surface area (Å²) >= 11 is 0. The fourth-order valence-electron chi connectivity index (χ4n) is 4.63. The van der Waals surface area contributed by atoms with Crippen LogP contribution in [0.3, 0.4) is 0 Å². The summed E-state index contributed by atoms with van der Waals surface area (Å²) in [5, 5.41) is 0. The van der Waals surface area contributed by atoms with E-state index in [4.69, 9.17) is 14.2 Å². The molecule has 1 aromatic heterocycles. The molecule has 2 heterocycles. The third kappa shape index (κ3) is 4.15. The maximum absolute atomic E-state index is 5.77. The summed E-state index contributed by atoms with van der Waals surface area (Å²) in [4.78, 5) is 2.55. The highest BCUT2D eigenvalue weighted by molar-refractivity contribution is 5.55. The minimum Gasteiger partial charge on any atom is -0.493 e. The van der Waals surface area contributed by atoms with Gasteiger partial charge in [0.25, 0.3) is 0 Å². The summed E-state index contributed by atoms with van der Waals surface area (Å²) in [6.45, 7) is 4.99. The van der Waals surface area contributed by atoms with E-state index in [0.29, 0.717) is 11.5 Å². The lowest BCUT2D eigenvalue weighted by Gasteiger charge is -2.31. The van der Waals surface area contributed by atoms with Crippen LogP contribution in [0, 0.1) is 0 Å². The molecule has 164 valence electrons. The molecule has 5 nitrogen and oxygen atoms in total. The smallest absolute Gasteiger partial charge is 0.203 e. The largest absolute Gasteiger partial charge is 0.493 e. The molecule has 4 rings (SSSR count). The number of nitrogens with zero attached hydrogens (tertiary/aromatic N) is 2. The molecule has 0 N–H and O–H groups in total. The van der Waals surface area contributed by atoms with E-state index in [2.05, 4.69) is 65.1 Å². The number of ether oxygens (including phenoxy) is 3. The summed E-state index contributed by atoms with van der Waals surface area (Å²) in [6, 6.07) is 17.7. The van der Waals surface area contributed by atoms with Crippen molar-refractivity contribution in [1.82, 2.24) is 9.47 Å². The molecule has 3 aromatic rings. The van der Waals surface area contributed by atoms with Gasteiger partial charge in [-0.1, -0.05) is 37.3 Å². The average molecular weight is 421 g/mol. The molecular formula is C26H32N2O3. The Bertz CT molecular complexity index is 1010. The van der Waals surface area contributed by atoms with Gasteiger partial charge in [-0.25, -0.2) is 0 Å². The Hall–Kier alpha value is -2.92. The van der Waals surface area contributed by atoms with Gasteiger partial charge in [0, 0.05) is 37.1 Å². The zero-order chi connectivity index (χ0) is 21.8. The zero-order valence-electron chi connectivity index (χ0n) is 18.9. The van der Waals surface area contributed by atoms with Gasteiger partial charge in [0.1, 0.15) is 0 Å². The molecule has 0 unspecified atom stereocenters. The van der Waals surface area contributed by atoms with Crippen molar-refractivity contribution in [2.24, 2.45) is 0 Å². The number of methoxy groups -OCH3 is 3. The van der Waals surface area contributed by atoms with Gasteiger partial charge >= 0.3 is 0 Å². The summed E-state index contributed by atoms with van der Waals surface area (Å²) in [5.74, 6) is 2.06. The Morgan fingerprint density at radius 2 is 1.65 bits per heavy atom. The van der Waals surface area contributed by atoms with Crippen LogP contribution < -0.4 is 14.2 Å². The normalized spacial score (nSPS) is 16.5. The van der Waals surface area contributed by atoms with Crippen LogP contribution in [0.1, 0.15) is 41.8 Å². The predicted molar refractivity (Wildman–Crippen MR) is 123 cm³/mol. The van der Waals surface area contributed by atoms with Gasteiger partial charge in [0.2, 0.25) is 5.75 Å². The molecule has 1 aliphatic heterocycles. The van der Waals surface area contributed by atoms with Gasteiger partial charge in [-0.3, -0.25) is 4.90 Å². The van der Waals surface area contributed by atoms with Gasteiger partial charge in [-0.15, -0.1) is 0 Å². The topological polar surface area (TPSA) is 35.9 Å². The van der Waals surface area contributed by atoms with Crippen LogP contribution in [0.4, 0.5) is 0 Å². The van der Waals surface area contributed by atoms with Crippen molar-refractivity contribution in [3.8, 4) is 17.2 Å².